The molecule has 0 aliphatic carbocycles. The predicted octanol–water partition coefficient (Wildman–Crippen LogP) is 3.49. The highest BCUT2D eigenvalue weighted by atomic mass is 79.9. The van der Waals surface area contributed by atoms with Crippen molar-refractivity contribution in [2.75, 3.05) is 20.1 Å². The molecule has 0 amide bonds. The zero-order valence-corrected chi connectivity index (χ0v) is 19.5. The molecule has 0 saturated carbocycles. The molecule has 2 aromatic carbocycles. The average molecular weight is 487 g/mol. The molecule has 2 rings (SSSR count). The summed E-state index contributed by atoms with van der Waals surface area (Å²) in [6, 6.07) is 11.6. The Morgan fingerprint density at radius 2 is 1.93 bits per heavy atom. The highest BCUT2D eigenvalue weighted by Crippen LogP contribution is 2.20. The molecule has 160 valence electrons. The number of rotatable bonds is 9. The zero-order valence-electron chi connectivity index (χ0n) is 17.1. The zero-order chi connectivity index (χ0) is 21.8. The number of aryl methyl sites for hydroxylation is 1. The van der Waals surface area contributed by atoms with Gasteiger partial charge in [0.2, 0.25) is 10.0 Å². The van der Waals surface area contributed by atoms with Crippen LogP contribution in [-0.2, 0) is 16.4 Å². The summed E-state index contributed by atoms with van der Waals surface area (Å²) in [6.07, 6.45) is -0.320. The number of likely N-dealkylation sites (N-methyl/N-ethyl adjacent to an activating group) is 1. The van der Waals surface area contributed by atoms with Gasteiger partial charge in [0.1, 0.15) is 5.82 Å². The molecular formula is C21H28BrFN2O3S. The molecule has 0 bridgehead atoms. The Labute approximate surface area is 181 Å². The van der Waals surface area contributed by atoms with E-state index in [1.807, 2.05) is 19.9 Å². The second kappa shape index (κ2) is 9.66. The number of sulfonamides is 1. The van der Waals surface area contributed by atoms with E-state index in [4.69, 9.17) is 0 Å². The molecule has 0 aromatic heterocycles. The van der Waals surface area contributed by atoms with Crippen LogP contribution in [0.15, 0.2) is 51.8 Å². The summed E-state index contributed by atoms with van der Waals surface area (Å²) in [4.78, 5) is 0.163. The SMILES string of the molecule is Cc1ccc(CC(C)(C)NC[C@@H](O)CN(C)S(=O)(=O)c2cccc(Br)c2)cc1F. The highest BCUT2D eigenvalue weighted by molar-refractivity contribution is 9.10. The third-order valence-corrected chi connectivity index (χ3v) is 6.98. The van der Waals surface area contributed by atoms with Gasteiger partial charge in [-0.15, -0.1) is 0 Å². The maximum atomic E-state index is 13.8. The van der Waals surface area contributed by atoms with Crippen LogP contribution >= 0.6 is 15.9 Å². The van der Waals surface area contributed by atoms with Crippen LogP contribution in [0.2, 0.25) is 0 Å². The molecule has 0 aliphatic rings. The van der Waals surface area contributed by atoms with Gasteiger partial charge in [-0.2, -0.15) is 4.31 Å². The Bertz CT molecular complexity index is 951. The van der Waals surface area contributed by atoms with Gasteiger partial charge >= 0.3 is 0 Å². The number of hydrogen-bond donors (Lipinski definition) is 2. The number of benzene rings is 2. The van der Waals surface area contributed by atoms with Crippen LogP contribution in [0.4, 0.5) is 4.39 Å². The van der Waals surface area contributed by atoms with Crippen LogP contribution in [0, 0.1) is 12.7 Å². The standard InChI is InChI=1S/C21H28BrFN2O3S/c1-15-8-9-16(10-20(15)23)12-21(2,3)24-13-18(26)14-25(4)29(27,28)19-7-5-6-17(22)11-19/h5-11,18,24,26H,12-14H2,1-4H3/t18-/m1/s1. The lowest BCUT2D eigenvalue weighted by Crippen LogP contribution is -2.47. The summed E-state index contributed by atoms with van der Waals surface area (Å²) in [7, 11) is -2.25. The van der Waals surface area contributed by atoms with Gasteiger partial charge in [0.15, 0.2) is 0 Å². The number of halogens is 2. The summed E-state index contributed by atoms with van der Waals surface area (Å²) in [5, 5.41) is 13.6. The molecule has 2 aromatic rings. The van der Waals surface area contributed by atoms with Gasteiger partial charge in [-0.05, 0) is 62.6 Å². The Morgan fingerprint density at radius 1 is 1.24 bits per heavy atom. The van der Waals surface area contributed by atoms with E-state index in [0.29, 0.717) is 16.5 Å². The van der Waals surface area contributed by atoms with Crippen LogP contribution < -0.4 is 5.32 Å². The number of aliphatic hydroxyl groups is 1. The van der Waals surface area contributed by atoms with Crippen LogP contribution in [-0.4, -0.2) is 49.6 Å². The highest BCUT2D eigenvalue weighted by Gasteiger charge is 2.25. The fraction of sp³-hybridized carbons (Fsp3) is 0.429. The van der Waals surface area contributed by atoms with Gasteiger partial charge in [0.05, 0.1) is 11.0 Å². The first-order chi connectivity index (χ1) is 13.4. The lowest BCUT2D eigenvalue weighted by Gasteiger charge is -2.29. The fourth-order valence-corrected chi connectivity index (χ4v) is 4.79. The predicted molar refractivity (Wildman–Crippen MR) is 117 cm³/mol. The van der Waals surface area contributed by atoms with Gasteiger partial charge < -0.3 is 10.4 Å². The third kappa shape index (κ3) is 6.86. The third-order valence-electron chi connectivity index (χ3n) is 4.67. The minimum Gasteiger partial charge on any atom is -0.390 e. The summed E-state index contributed by atoms with van der Waals surface area (Å²) in [5.41, 5.74) is 1.06. The van der Waals surface area contributed by atoms with Crippen molar-refractivity contribution in [2.45, 2.75) is 43.7 Å². The molecule has 0 spiro atoms. The first kappa shape index (κ1) is 24.0. The van der Waals surface area contributed by atoms with Crippen molar-refractivity contribution in [3.63, 3.8) is 0 Å². The Kier molecular flexibility index (Phi) is 7.98. The van der Waals surface area contributed by atoms with Crippen molar-refractivity contribution in [1.29, 1.82) is 0 Å². The van der Waals surface area contributed by atoms with Crippen molar-refractivity contribution in [1.82, 2.24) is 9.62 Å². The van der Waals surface area contributed by atoms with E-state index >= 15 is 0 Å². The monoisotopic (exact) mass is 486 g/mol. The van der Waals surface area contributed by atoms with Crippen LogP contribution in [0.1, 0.15) is 25.0 Å². The maximum Gasteiger partial charge on any atom is 0.242 e. The van der Waals surface area contributed by atoms with Crippen molar-refractivity contribution >= 4 is 26.0 Å². The lowest BCUT2D eigenvalue weighted by molar-refractivity contribution is 0.139. The minimum absolute atomic E-state index is 0.0446. The number of β-amino-alcohol motifs (C(OH)–C–C–N with tert-alkyl or cyclic N) is 1. The molecular weight excluding hydrogens is 459 g/mol. The van der Waals surface area contributed by atoms with E-state index in [9.17, 15) is 17.9 Å². The van der Waals surface area contributed by atoms with E-state index in [0.717, 1.165) is 9.87 Å². The van der Waals surface area contributed by atoms with Gasteiger partial charge in [-0.25, -0.2) is 12.8 Å². The van der Waals surface area contributed by atoms with Gasteiger partial charge in [-0.3, -0.25) is 0 Å². The molecule has 0 aliphatic heterocycles. The second-order valence-electron chi connectivity index (χ2n) is 7.92. The first-order valence-corrected chi connectivity index (χ1v) is 11.5. The van der Waals surface area contributed by atoms with Crippen molar-refractivity contribution in [3.8, 4) is 0 Å². The molecule has 1 atom stereocenters. The molecule has 0 unspecified atom stereocenters. The smallest absolute Gasteiger partial charge is 0.242 e. The Hall–Kier alpha value is -1.32. The van der Waals surface area contributed by atoms with Crippen LogP contribution in [0.25, 0.3) is 0 Å². The number of nitrogens with one attached hydrogen (secondary N) is 1. The molecule has 8 heteroatoms. The van der Waals surface area contributed by atoms with E-state index < -0.39 is 21.7 Å². The van der Waals surface area contributed by atoms with Gasteiger partial charge in [0, 0.05) is 30.1 Å². The number of nitrogens with zero attached hydrogens (tertiary/aromatic N) is 1. The normalized spacial score (nSPS) is 13.7. The Morgan fingerprint density at radius 3 is 2.55 bits per heavy atom. The van der Waals surface area contributed by atoms with E-state index in [-0.39, 0.29) is 23.8 Å². The summed E-state index contributed by atoms with van der Waals surface area (Å²) in [5.74, 6) is -0.238. The molecule has 29 heavy (non-hydrogen) atoms. The van der Waals surface area contributed by atoms with Gasteiger partial charge in [-0.1, -0.05) is 34.1 Å². The lowest BCUT2D eigenvalue weighted by atomic mass is 9.94. The summed E-state index contributed by atoms with van der Waals surface area (Å²) < 4.78 is 40.9. The molecule has 0 fully saturated rings. The van der Waals surface area contributed by atoms with Crippen molar-refractivity contribution in [2.24, 2.45) is 0 Å². The number of hydrogen-bond acceptors (Lipinski definition) is 4. The van der Waals surface area contributed by atoms with Crippen LogP contribution in [0.5, 0.6) is 0 Å². The molecule has 0 saturated heterocycles. The van der Waals surface area contributed by atoms with Crippen molar-refractivity contribution < 1.29 is 17.9 Å². The van der Waals surface area contributed by atoms with E-state index in [1.54, 1.807) is 25.1 Å². The van der Waals surface area contributed by atoms with Crippen molar-refractivity contribution in [3.05, 3.63) is 63.9 Å². The average Bonchev–Trinajstić information content (AvgIpc) is 2.63. The second-order valence-corrected chi connectivity index (χ2v) is 10.9. The fourth-order valence-electron chi connectivity index (χ4n) is 2.98. The molecule has 0 radical (unpaired) electrons. The van der Waals surface area contributed by atoms with E-state index in [2.05, 4.69) is 21.2 Å². The summed E-state index contributed by atoms with van der Waals surface area (Å²) >= 11 is 3.27. The number of aliphatic hydroxyl groups excluding tert-OH is 1. The van der Waals surface area contributed by atoms with Gasteiger partial charge in [0.25, 0.3) is 0 Å². The topological polar surface area (TPSA) is 69.6 Å². The molecule has 5 nitrogen and oxygen atoms in total. The Balaban J connectivity index is 1.93. The quantitative estimate of drug-likeness (QED) is 0.569. The molecule has 0 heterocycles. The maximum absolute atomic E-state index is 13.8. The molecule has 2 N–H and O–H groups in total. The minimum atomic E-state index is -3.69. The van der Waals surface area contributed by atoms with Crippen LogP contribution in [0.3, 0.4) is 0 Å². The largest absolute Gasteiger partial charge is 0.390 e. The first-order valence-electron chi connectivity index (χ1n) is 9.31. The summed E-state index contributed by atoms with van der Waals surface area (Å²) in [6.45, 7) is 5.80. The van der Waals surface area contributed by atoms with E-state index in [1.165, 1.54) is 25.2 Å².